The van der Waals surface area contributed by atoms with Crippen LogP contribution in [0, 0.1) is 0 Å². The molecular formula is C45H30O. The zero-order chi connectivity index (χ0) is 30.6. The van der Waals surface area contributed by atoms with Crippen LogP contribution in [0.25, 0.3) is 87.6 Å². The van der Waals surface area contributed by atoms with Crippen LogP contribution in [0.15, 0.2) is 150 Å². The van der Waals surface area contributed by atoms with E-state index < -0.39 is 0 Å². The van der Waals surface area contributed by atoms with Crippen LogP contribution in [0.2, 0.25) is 0 Å². The molecule has 10 rings (SSSR count). The second kappa shape index (κ2) is 9.19. The highest BCUT2D eigenvalue weighted by molar-refractivity contribution is 6.23. The maximum absolute atomic E-state index is 6.39. The van der Waals surface area contributed by atoms with Crippen LogP contribution in [-0.2, 0) is 5.41 Å². The Morgan fingerprint density at radius 1 is 0.391 bits per heavy atom. The van der Waals surface area contributed by atoms with E-state index in [4.69, 9.17) is 4.42 Å². The van der Waals surface area contributed by atoms with Gasteiger partial charge >= 0.3 is 0 Å². The lowest BCUT2D eigenvalue weighted by Crippen LogP contribution is -2.14. The molecule has 1 aliphatic rings. The molecule has 0 saturated carbocycles. The Kier molecular flexibility index (Phi) is 5.12. The number of hydrogen-bond acceptors (Lipinski definition) is 1. The van der Waals surface area contributed by atoms with Crippen molar-refractivity contribution in [1.29, 1.82) is 0 Å². The third-order valence-corrected chi connectivity index (χ3v) is 10.4. The maximum Gasteiger partial charge on any atom is 0.136 e. The van der Waals surface area contributed by atoms with Crippen molar-refractivity contribution < 1.29 is 4.42 Å². The van der Waals surface area contributed by atoms with Crippen molar-refractivity contribution >= 4 is 54.3 Å². The molecule has 0 fully saturated rings. The van der Waals surface area contributed by atoms with E-state index in [1.165, 1.54) is 76.8 Å². The minimum absolute atomic E-state index is 0.0540. The lowest BCUT2D eigenvalue weighted by molar-refractivity contribution is 0.660. The molecule has 0 bridgehead atoms. The van der Waals surface area contributed by atoms with Crippen LogP contribution >= 0.6 is 0 Å². The van der Waals surface area contributed by atoms with E-state index >= 15 is 0 Å². The standard InChI is InChI=1S/C45H30O/c1-45(2)38-20-10-9-18-34(38)44-35(19-11-21-39(44)45)43-32-16-7-5-14-30(32)42(31-15-6-8-17-33(31)43)29-22-23-40-36(25-29)37-24-27-12-3-4-13-28(27)26-41(37)46-40/h3-26H,1-2H3. The van der Waals surface area contributed by atoms with Crippen molar-refractivity contribution in [3.05, 3.63) is 157 Å². The molecule has 0 unspecified atom stereocenters. The van der Waals surface area contributed by atoms with Gasteiger partial charge in [-0.15, -0.1) is 0 Å². The summed E-state index contributed by atoms with van der Waals surface area (Å²) in [6, 6.07) is 53.5. The first-order chi connectivity index (χ1) is 22.6. The highest BCUT2D eigenvalue weighted by atomic mass is 16.3. The Balaban J connectivity index is 1.29. The SMILES string of the molecule is CC1(C)c2ccccc2-c2c(-c3c4ccccc4c(-c4ccc5oc6cc7ccccc7cc6c5c4)c4ccccc34)cccc21. The number of hydrogen-bond donors (Lipinski definition) is 0. The first-order valence-electron chi connectivity index (χ1n) is 16.1. The average molecular weight is 587 g/mol. The van der Waals surface area contributed by atoms with Gasteiger partial charge in [-0.3, -0.25) is 0 Å². The molecule has 0 aliphatic heterocycles. The predicted octanol–water partition coefficient (Wildman–Crippen LogP) is 12.7. The minimum Gasteiger partial charge on any atom is -0.456 e. The van der Waals surface area contributed by atoms with E-state index in [-0.39, 0.29) is 5.41 Å². The van der Waals surface area contributed by atoms with Gasteiger partial charge in [-0.25, -0.2) is 0 Å². The monoisotopic (exact) mass is 586 g/mol. The minimum atomic E-state index is -0.0540. The van der Waals surface area contributed by atoms with E-state index in [1.54, 1.807) is 0 Å². The Bertz CT molecular complexity index is 2660. The van der Waals surface area contributed by atoms with Crippen LogP contribution in [-0.4, -0.2) is 0 Å². The summed E-state index contributed by atoms with van der Waals surface area (Å²) >= 11 is 0. The van der Waals surface area contributed by atoms with Crippen molar-refractivity contribution in [2.24, 2.45) is 0 Å². The van der Waals surface area contributed by atoms with E-state index in [0.717, 1.165) is 21.9 Å². The highest BCUT2D eigenvalue weighted by Crippen LogP contribution is 2.54. The van der Waals surface area contributed by atoms with Gasteiger partial charge in [0.2, 0.25) is 0 Å². The van der Waals surface area contributed by atoms with Crippen molar-refractivity contribution in [3.63, 3.8) is 0 Å². The Hall–Kier alpha value is -5.66. The molecule has 46 heavy (non-hydrogen) atoms. The van der Waals surface area contributed by atoms with Gasteiger partial charge in [0, 0.05) is 16.2 Å². The molecule has 216 valence electrons. The Labute approximate surface area is 267 Å². The topological polar surface area (TPSA) is 13.1 Å². The number of rotatable bonds is 2. The van der Waals surface area contributed by atoms with Crippen LogP contribution in [0.3, 0.4) is 0 Å². The van der Waals surface area contributed by atoms with Crippen LogP contribution < -0.4 is 0 Å². The van der Waals surface area contributed by atoms with Crippen molar-refractivity contribution in [3.8, 4) is 33.4 Å². The van der Waals surface area contributed by atoms with E-state index in [9.17, 15) is 0 Å². The molecule has 1 nitrogen and oxygen atoms in total. The summed E-state index contributed by atoms with van der Waals surface area (Å²) in [5.74, 6) is 0. The smallest absolute Gasteiger partial charge is 0.136 e. The fourth-order valence-electron chi connectivity index (χ4n) is 8.31. The second-order valence-electron chi connectivity index (χ2n) is 13.2. The molecule has 0 radical (unpaired) electrons. The molecule has 0 spiro atoms. The quantitative estimate of drug-likeness (QED) is 0.184. The first kappa shape index (κ1) is 25.6. The van der Waals surface area contributed by atoms with Gasteiger partial charge in [-0.05, 0) is 101 Å². The first-order valence-corrected chi connectivity index (χ1v) is 16.1. The average Bonchev–Trinajstić information content (AvgIpc) is 3.57. The van der Waals surface area contributed by atoms with Gasteiger partial charge in [0.05, 0.1) is 0 Å². The predicted molar refractivity (Wildman–Crippen MR) is 195 cm³/mol. The summed E-state index contributed by atoms with van der Waals surface area (Å²) in [5.41, 5.74) is 12.4. The summed E-state index contributed by atoms with van der Waals surface area (Å²) in [5, 5.41) is 9.79. The van der Waals surface area contributed by atoms with Crippen LogP contribution in [0.5, 0.6) is 0 Å². The van der Waals surface area contributed by atoms with Crippen LogP contribution in [0.1, 0.15) is 25.0 Å². The van der Waals surface area contributed by atoms with E-state index in [2.05, 4.69) is 159 Å². The lowest BCUT2D eigenvalue weighted by atomic mass is 9.80. The number of benzene rings is 8. The number of fused-ring (bicyclic) bond motifs is 9. The largest absolute Gasteiger partial charge is 0.456 e. The molecule has 8 aromatic carbocycles. The summed E-state index contributed by atoms with van der Waals surface area (Å²) in [4.78, 5) is 0. The summed E-state index contributed by atoms with van der Waals surface area (Å²) in [6.45, 7) is 4.72. The van der Waals surface area contributed by atoms with Gasteiger partial charge in [0.15, 0.2) is 0 Å². The molecule has 0 atom stereocenters. The maximum atomic E-state index is 6.39. The van der Waals surface area contributed by atoms with Crippen molar-refractivity contribution in [2.45, 2.75) is 19.3 Å². The van der Waals surface area contributed by atoms with Crippen molar-refractivity contribution in [2.75, 3.05) is 0 Å². The fraction of sp³-hybridized carbons (Fsp3) is 0.0667. The third-order valence-electron chi connectivity index (χ3n) is 10.4. The molecule has 0 N–H and O–H groups in total. The molecule has 1 aliphatic carbocycles. The molecule has 0 amide bonds. The fourth-order valence-corrected chi connectivity index (χ4v) is 8.31. The van der Waals surface area contributed by atoms with Gasteiger partial charge in [0.1, 0.15) is 11.2 Å². The Morgan fingerprint density at radius 2 is 0.957 bits per heavy atom. The van der Waals surface area contributed by atoms with Gasteiger partial charge < -0.3 is 4.42 Å². The molecular weight excluding hydrogens is 556 g/mol. The third kappa shape index (κ3) is 3.40. The lowest BCUT2D eigenvalue weighted by Gasteiger charge is -2.22. The zero-order valence-electron chi connectivity index (χ0n) is 25.8. The Morgan fingerprint density at radius 3 is 1.70 bits per heavy atom. The summed E-state index contributed by atoms with van der Waals surface area (Å²) < 4.78 is 6.39. The van der Waals surface area contributed by atoms with Gasteiger partial charge in [0.25, 0.3) is 0 Å². The highest BCUT2D eigenvalue weighted by Gasteiger charge is 2.37. The normalized spacial score (nSPS) is 13.6. The molecule has 1 aromatic heterocycles. The van der Waals surface area contributed by atoms with Crippen LogP contribution in [0.4, 0.5) is 0 Å². The van der Waals surface area contributed by atoms with E-state index in [0.29, 0.717) is 0 Å². The molecule has 0 saturated heterocycles. The zero-order valence-corrected chi connectivity index (χ0v) is 25.8. The van der Waals surface area contributed by atoms with Gasteiger partial charge in [-0.1, -0.05) is 135 Å². The van der Waals surface area contributed by atoms with Crippen molar-refractivity contribution in [1.82, 2.24) is 0 Å². The number of furan rings is 1. The second-order valence-corrected chi connectivity index (χ2v) is 13.2. The van der Waals surface area contributed by atoms with E-state index in [1.807, 2.05) is 0 Å². The summed E-state index contributed by atoms with van der Waals surface area (Å²) in [6.07, 6.45) is 0. The summed E-state index contributed by atoms with van der Waals surface area (Å²) in [7, 11) is 0. The molecule has 9 aromatic rings. The van der Waals surface area contributed by atoms with Gasteiger partial charge in [-0.2, -0.15) is 0 Å². The molecule has 1 heteroatoms. The molecule has 1 heterocycles.